The summed E-state index contributed by atoms with van der Waals surface area (Å²) in [6.45, 7) is 6.97. The van der Waals surface area contributed by atoms with Crippen LogP contribution in [0.5, 0.6) is 0 Å². The Kier molecular flexibility index (Phi) is 4.23. The number of para-hydroxylation sites is 2. The van der Waals surface area contributed by atoms with E-state index in [2.05, 4.69) is 21.7 Å². The minimum atomic E-state index is 0.00674. The third kappa shape index (κ3) is 2.71. The highest BCUT2D eigenvalue weighted by atomic mass is 16.2. The highest BCUT2D eigenvalue weighted by molar-refractivity contribution is 5.82. The molecule has 3 aliphatic rings. The Morgan fingerprint density at radius 3 is 2.66 bits per heavy atom. The molecule has 0 N–H and O–H groups in total. The molecule has 3 heterocycles. The maximum atomic E-state index is 13.7. The Morgan fingerprint density at radius 1 is 1.17 bits per heavy atom. The van der Waals surface area contributed by atoms with Gasteiger partial charge in [-0.3, -0.25) is 9.59 Å². The smallest absolute Gasteiger partial charge is 0.243 e. The molecule has 2 aliphatic heterocycles. The monoisotopic (exact) mass is 394 g/mol. The molecule has 6 heteroatoms. The average molecular weight is 395 g/mol. The summed E-state index contributed by atoms with van der Waals surface area (Å²) in [4.78, 5) is 34.9. The number of carbonyl (C=O) groups excluding carboxylic acids is 2. The van der Waals surface area contributed by atoms with Gasteiger partial charge in [-0.05, 0) is 38.3 Å². The standard InChI is InChI=1S/C23H30N4O2/c1-15-24-18-8-4-5-9-19(18)25(15)14-22(29)27-17-12-23(3)20(26(13-17)16(2)28)10-6-7-11-21(23)27/h4-5,8-9,17,20-21H,6-7,10-14H2,1-3H3/t17-,20+,21-,23+/m0/s1. The van der Waals surface area contributed by atoms with Gasteiger partial charge in [-0.15, -0.1) is 0 Å². The van der Waals surface area contributed by atoms with Crippen molar-refractivity contribution in [1.82, 2.24) is 19.4 Å². The average Bonchev–Trinajstić information content (AvgIpc) is 3.04. The summed E-state index contributed by atoms with van der Waals surface area (Å²) >= 11 is 0. The number of fused-ring (bicyclic) bond motifs is 2. The zero-order valence-corrected chi connectivity index (χ0v) is 17.6. The first-order chi connectivity index (χ1) is 13.9. The lowest BCUT2D eigenvalue weighted by Gasteiger charge is -2.46. The molecule has 2 amide bonds. The molecule has 0 radical (unpaired) electrons. The number of carbonyl (C=O) groups is 2. The van der Waals surface area contributed by atoms with Crippen LogP contribution in [0.3, 0.4) is 0 Å². The van der Waals surface area contributed by atoms with Gasteiger partial charge in [-0.25, -0.2) is 4.98 Å². The largest absolute Gasteiger partial charge is 0.337 e. The second-order valence-electron chi connectivity index (χ2n) is 9.39. The fraction of sp³-hybridized carbons (Fsp3) is 0.609. The molecule has 0 unspecified atom stereocenters. The Morgan fingerprint density at radius 2 is 1.90 bits per heavy atom. The van der Waals surface area contributed by atoms with Gasteiger partial charge in [0.25, 0.3) is 0 Å². The van der Waals surface area contributed by atoms with Crippen LogP contribution in [-0.4, -0.2) is 55.8 Å². The molecule has 0 spiro atoms. The Hall–Kier alpha value is -2.37. The number of hydrogen-bond acceptors (Lipinski definition) is 3. The van der Waals surface area contributed by atoms with Gasteiger partial charge in [-0.2, -0.15) is 0 Å². The van der Waals surface area contributed by atoms with E-state index < -0.39 is 0 Å². The van der Waals surface area contributed by atoms with Crippen molar-refractivity contribution in [3.8, 4) is 0 Å². The molecule has 154 valence electrons. The quantitative estimate of drug-likeness (QED) is 0.786. The van der Waals surface area contributed by atoms with Gasteiger partial charge in [0.1, 0.15) is 12.4 Å². The molecule has 29 heavy (non-hydrogen) atoms. The summed E-state index contributed by atoms with van der Waals surface area (Å²) < 4.78 is 2.04. The van der Waals surface area contributed by atoms with Gasteiger partial charge in [0.2, 0.25) is 11.8 Å². The number of aryl methyl sites for hydroxylation is 1. The topological polar surface area (TPSA) is 58.4 Å². The molecule has 2 saturated heterocycles. The van der Waals surface area contributed by atoms with Gasteiger partial charge in [0.15, 0.2) is 0 Å². The first kappa shape index (κ1) is 18.6. The van der Waals surface area contributed by atoms with Crippen LogP contribution in [0.4, 0.5) is 0 Å². The van der Waals surface area contributed by atoms with Crippen LogP contribution in [0.2, 0.25) is 0 Å². The molecule has 1 aliphatic carbocycles. The second kappa shape index (κ2) is 6.57. The van der Waals surface area contributed by atoms with Crippen molar-refractivity contribution in [2.75, 3.05) is 6.54 Å². The lowest BCUT2D eigenvalue weighted by atomic mass is 9.71. The molecule has 4 atom stereocenters. The number of rotatable bonds is 2. The molecule has 3 fully saturated rings. The Balaban J connectivity index is 1.50. The molecular formula is C23H30N4O2. The van der Waals surface area contributed by atoms with Gasteiger partial charge in [0.05, 0.1) is 17.1 Å². The number of imidazole rings is 1. The van der Waals surface area contributed by atoms with E-state index in [1.54, 1.807) is 6.92 Å². The SMILES string of the molecule is CC(=O)N1C[C@@H]2C[C@@]3(C)[C@H](CCCC[C@@H]13)N2C(=O)Cn1c(C)nc2ccccc21. The third-order valence-corrected chi connectivity index (χ3v) is 7.75. The minimum absolute atomic E-state index is 0.00674. The van der Waals surface area contributed by atoms with Crippen molar-refractivity contribution in [2.24, 2.45) is 5.41 Å². The number of benzene rings is 1. The van der Waals surface area contributed by atoms with Crippen LogP contribution in [0.1, 0.15) is 51.8 Å². The summed E-state index contributed by atoms with van der Waals surface area (Å²) in [5, 5.41) is 0. The van der Waals surface area contributed by atoms with E-state index in [0.717, 1.165) is 49.0 Å². The number of amides is 2. The van der Waals surface area contributed by atoms with E-state index in [-0.39, 0.29) is 35.4 Å². The van der Waals surface area contributed by atoms with Crippen LogP contribution in [0.25, 0.3) is 11.0 Å². The normalized spacial score (nSPS) is 31.2. The molecule has 5 rings (SSSR count). The van der Waals surface area contributed by atoms with E-state index in [1.165, 1.54) is 0 Å². The summed E-state index contributed by atoms with van der Waals surface area (Å²) in [5.74, 6) is 1.19. The Labute approximate surface area is 171 Å². The van der Waals surface area contributed by atoms with Gasteiger partial charge >= 0.3 is 0 Å². The number of likely N-dealkylation sites (tertiary alicyclic amines) is 2. The summed E-state index contributed by atoms with van der Waals surface area (Å²) in [7, 11) is 0. The van der Waals surface area contributed by atoms with E-state index in [9.17, 15) is 9.59 Å². The lowest BCUT2D eigenvalue weighted by Crippen LogP contribution is -2.55. The molecular weight excluding hydrogens is 364 g/mol. The molecule has 1 aromatic heterocycles. The first-order valence-electron chi connectivity index (χ1n) is 10.9. The molecule has 2 aromatic rings. The van der Waals surface area contributed by atoms with Crippen LogP contribution in [-0.2, 0) is 16.1 Å². The number of piperidine rings is 1. The maximum absolute atomic E-state index is 13.7. The van der Waals surface area contributed by atoms with Crippen molar-refractivity contribution in [2.45, 2.75) is 77.5 Å². The molecule has 1 saturated carbocycles. The first-order valence-corrected chi connectivity index (χ1v) is 10.9. The number of nitrogens with zero attached hydrogens (tertiary/aromatic N) is 4. The highest BCUT2D eigenvalue weighted by Gasteiger charge is 2.60. The number of hydrogen-bond donors (Lipinski definition) is 0. The predicted octanol–water partition coefficient (Wildman–Crippen LogP) is 3.13. The van der Waals surface area contributed by atoms with E-state index in [0.29, 0.717) is 13.1 Å². The minimum Gasteiger partial charge on any atom is -0.337 e. The van der Waals surface area contributed by atoms with Crippen molar-refractivity contribution in [3.63, 3.8) is 0 Å². The Bertz CT molecular complexity index is 982. The lowest BCUT2D eigenvalue weighted by molar-refractivity contribution is -0.138. The third-order valence-electron chi connectivity index (χ3n) is 7.75. The fourth-order valence-electron chi connectivity index (χ4n) is 6.50. The van der Waals surface area contributed by atoms with Gasteiger partial charge in [-0.1, -0.05) is 31.9 Å². The van der Waals surface area contributed by atoms with E-state index in [4.69, 9.17) is 0 Å². The zero-order valence-electron chi connectivity index (χ0n) is 17.6. The highest BCUT2D eigenvalue weighted by Crippen LogP contribution is 2.53. The van der Waals surface area contributed by atoms with Crippen LogP contribution < -0.4 is 0 Å². The fourth-order valence-corrected chi connectivity index (χ4v) is 6.50. The van der Waals surface area contributed by atoms with Crippen molar-refractivity contribution in [3.05, 3.63) is 30.1 Å². The van der Waals surface area contributed by atoms with Gasteiger partial charge < -0.3 is 14.4 Å². The van der Waals surface area contributed by atoms with Crippen molar-refractivity contribution >= 4 is 22.8 Å². The van der Waals surface area contributed by atoms with Gasteiger partial charge in [0, 0.05) is 31.0 Å². The second-order valence-corrected chi connectivity index (χ2v) is 9.39. The van der Waals surface area contributed by atoms with Crippen LogP contribution in [0, 0.1) is 12.3 Å². The van der Waals surface area contributed by atoms with Crippen LogP contribution in [0.15, 0.2) is 24.3 Å². The van der Waals surface area contributed by atoms with Crippen molar-refractivity contribution < 1.29 is 9.59 Å². The summed E-state index contributed by atoms with van der Waals surface area (Å²) in [6, 6.07) is 8.62. The maximum Gasteiger partial charge on any atom is 0.243 e. The predicted molar refractivity (Wildman–Crippen MR) is 111 cm³/mol. The van der Waals surface area contributed by atoms with Crippen molar-refractivity contribution in [1.29, 1.82) is 0 Å². The summed E-state index contributed by atoms with van der Waals surface area (Å²) in [5.41, 5.74) is 1.95. The zero-order chi connectivity index (χ0) is 20.3. The van der Waals surface area contributed by atoms with E-state index in [1.807, 2.05) is 35.8 Å². The van der Waals surface area contributed by atoms with Crippen LogP contribution >= 0.6 is 0 Å². The number of aromatic nitrogens is 2. The molecule has 1 aromatic carbocycles. The molecule has 2 bridgehead atoms. The molecule has 6 nitrogen and oxygen atoms in total. The van der Waals surface area contributed by atoms with E-state index >= 15 is 0 Å². The summed E-state index contributed by atoms with van der Waals surface area (Å²) in [6.07, 6.45) is 5.39.